The average molecular weight is 437 g/mol. The van der Waals surface area contributed by atoms with Crippen molar-refractivity contribution in [3.63, 3.8) is 0 Å². The van der Waals surface area contributed by atoms with Gasteiger partial charge in [-0.05, 0) is 79.3 Å². The second-order valence-corrected chi connectivity index (χ2v) is 8.40. The van der Waals surface area contributed by atoms with Gasteiger partial charge >= 0.3 is 0 Å². The Morgan fingerprint density at radius 1 is 0.781 bits per heavy atom. The lowest BCUT2D eigenvalue weighted by Crippen LogP contribution is -2.12. The number of rotatable bonds is 5. The van der Waals surface area contributed by atoms with Crippen LogP contribution in [0.15, 0.2) is 66.7 Å². The first-order valence-electron chi connectivity index (χ1n) is 11.1. The van der Waals surface area contributed by atoms with E-state index >= 15 is 0 Å². The van der Waals surface area contributed by atoms with Crippen molar-refractivity contribution in [2.24, 2.45) is 5.92 Å². The van der Waals surface area contributed by atoms with Gasteiger partial charge in [-0.25, -0.2) is 8.78 Å². The van der Waals surface area contributed by atoms with Crippen LogP contribution in [0.25, 0.3) is 22.3 Å². The Balaban J connectivity index is 1.53. The van der Waals surface area contributed by atoms with Crippen LogP contribution in [0.3, 0.4) is 0 Å². The molecule has 0 bridgehead atoms. The van der Waals surface area contributed by atoms with E-state index in [1.165, 1.54) is 19.2 Å². The molecule has 32 heavy (non-hydrogen) atoms. The summed E-state index contributed by atoms with van der Waals surface area (Å²) in [5.74, 6) is -1.33. The van der Waals surface area contributed by atoms with Crippen molar-refractivity contribution in [2.45, 2.75) is 38.5 Å². The number of allylic oxidation sites excluding steroid dienone is 2. The molecule has 1 fully saturated rings. The van der Waals surface area contributed by atoms with Crippen LogP contribution in [0.5, 0.6) is 5.75 Å². The molecule has 0 N–H and O–H groups in total. The molecule has 0 unspecified atom stereocenters. The number of halogens is 3. The maximum absolute atomic E-state index is 15.0. The summed E-state index contributed by atoms with van der Waals surface area (Å²) >= 11 is 0. The zero-order valence-electron chi connectivity index (χ0n) is 18.4. The molecule has 0 aromatic heterocycles. The normalized spacial score (nSPS) is 18.8. The van der Waals surface area contributed by atoms with Crippen molar-refractivity contribution in [3.8, 4) is 28.0 Å². The van der Waals surface area contributed by atoms with E-state index in [9.17, 15) is 13.2 Å². The van der Waals surface area contributed by atoms with Crippen LogP contribution in [0.4, 0.5) is 13.2 Å². The highest BCUT2D eigenvalue weighted by molar-refractivity contribution is 5.71. The van der Waals surface area contributed by atoms with E-state index in [1.807, 2.05) is 12.1 Å². The van der Waals surface area contributed by atoms with Crippen molar-refractivity contribution in [1.29, 1.82) is 0 Å². The number of hydrogen-bond donors (Lipinski definition) is 0. The van der Waals surface area contributed by atoms with E-state index in [0.717, 1.165) is 31.2 Å². The molecule has 4 rings (SSSR count). The average Bonchev–Trinajstić information content (AvgIpc) is 2.82. The third kappa shape index (κ3) is 4.45. The highest BCUT2D eigenvalue weighted by Gasteiger charge is 2.22. The molecule has 0 saturated heterocycles. The third-order valence-electron chi connectivity index (χ3n) is 6.47. The van der Waals surface area contributed by atoms with Crippen LogP contribution in [0, 0.1) is 23.4 Å². The van der Waals surface area contributed by atoms with Crippen LogP contribution in [-0.2, 0) is 0 Å². The Bertz CT molecular complexity index is 1110. The maximum Gasteiger partial charge on any atom is 0.201 e. The van der Waals surface area contributed by atoms with Gasteiger partial charge in [-0.15, -0.1) is 0 Å². The summed E-state index contributed by atoms with van der Waals surface area (Å²) in [6, 6.07) is 15.2. The van der Waals surface area contributed by atoms with Crippen LogP contribution in [-0.4, -0.2) is 7.11 Å². The minimum atomic E-state index is -1.02. The smallest absolute Gasteiger partial charge is 0.201 e. The molecule has 1 saturated carbocycles. The minimum Gasteiger partial charge on any atom is -0.494 e. The number of methoxy groups -OCH3 is 1. The van der Waals surface area contributed by atoms with Gasteiger partial charge in [-0.3, -0.25) is 0 Å². The van der Waals surface area contributed by atoms with Crippen LogP contribution in [0.1, 0.15) is 44.1 Å². The number of benzene rings is 3. The molecular formula is C28H27F3O. The van der Waals surface area contributed by atoms with Gasteiger partial charge in [0.25, 0.3) is 0 Å². The van der Waals surface area contributed by atoms with Crippen LogP contribution in [0.2, 0.25) is 0 Å². The summed E-state index contributed by atoms with van der Waals surface area (Å²) in [5.41, 5.74) is 2.91. The largest absolute Gasteiger partial charge is 0.494 e. The first kappa shape index (κ1) is 22.2. The van der Waals surface area contributed by atoms with E-state index < -0.39 is 11.6 Å². The van der Waals surface area contributed by atoms with E-state index in [0.29, 0.717) is 28.5 Å². The fourth-order valence-electron chi connectivity index (χ4n) is 4.68. The van der Waals surface area contributed by atoms with E-state index in [4.69, 9.17) is 4.74 Å². The molecule has 4 heteroatoms. The minimum absolute atomic E-state index is 0.138. The van der Waals surface area contributed by atoms with Crippen LogP contribution >= 0.6 is 0 Å². The van der Waals surface area contributed by atoms with Crippen molar-refractivity contribution in [2.75, 3.05) is 7.11 Å². The molecule has 3 aromatic carbocycles. The van der Waals surface area contributed by atoms with Gasteiger partial charge in [0, 0.05) is 11.1 Å². The number of ether oxygens (including phenoxy) is 1. The van der Waals surface area contributed by atoms with Gasteiger partial charge in [0.2, 0.25) is 5.82 Å². The molecule has 1 aliphatic carbocycles. The predicted molar refractivity (Wildman–Crippen MR) is 123 cm³/mol. The Labute approximate surface area is 187 Å². The third-order valence-corrected chi connectivity index (χ3v) is 6.47. The Kier molecular flexibility index (Phi) is 6.69. The van der Waals surface area contributed by atoms with E-state index in [-0.39, 0.29) is 17.1 Å². The molecule has 0 amide bonds. The highest BCUT2D eigenvalue weighted by Crippen LogP contribution is 2.38. The molecule has 3 aromatic rings. The van der Waals surface area contributed by atoms with Crippen molar-refractivity contribution in [1.82, 2.24) is 0 Å². The second-order valence-electron chi connectivity index (χ2n) is 8.40. The molecule has 1 aliphatic rings. The summed E-state index contributed by atoms with van der Waals surface area (Å²) in [7, 11) is 1.29. The molecule has 0 aliphatic heterocycles. The fraction of sp³-hybridized carbons (Fsp3) is 0.286. The zero-order valence-corrected chi connectivity index (χ0v) is 18.4. The Morgan fingerprint density at radius 3 is 2.00 bits per heavy atom. The molecular weight excluding hydrogens is 409 g/mol. The van der Waals surface area contributed by atoms with Gasteiger partial charge in [0.05, 0.1) is 7.11 Å². The summed E-state index contributed by atoms with van der Waals surface area (Å²) in [6.07, 6.45) is 8.82. The topological polar surface area (TPSA) is 9.23 Å². The van der Waals surface area contributed by atoms with E-state index in [1.54, 1.807) is 30.3 Å². The lowest BCUT2D eigenvalue weighted by molar-refractivity contribution is 0.372. The van der Waals surface area contributed by atoms with E-state index in [2.05, 4.69) is 19.1 Å². The van der Waals surface area contributed by atoms with Crippen molar-refractivity contribution < 1.29 is 17.9 Å². The lowest BCUT2D eigenvalue weighted by atomic mass is 9.78. The zero-order chi connectivity index (χ0) is 22.7. The molecule has 0 radical (unpaired) electrons. The second kappa shape index (κ2) is 9.64. The monoisotopic (exact) mass is 436 g/mol. The fourth-order valence-corrected chi connectivity index (χ4v) is 4.68. The highest BCUT2D eigenvalue weighted by atomic mass is 19.2. The SMILES string of the molecule is CC=CC1CCC(c2ccc(-c3ccc(-c4ccc(OC)c(F)c4F)cc3)c(F)c2)CC1. The lowest BCUT2D eigenvalue weighted by Gasteiger charge is -2.27. The summed E-state index contributed by atoms with van der Waals surface area (Å²) in [6.45, 7) is 2.05. The Morgan fingerprint density at radius 2 is 1.41 bits per heavy atom. The summed E-state index contributed by atoms with van der Waals surface area (Å²) in [4.78, 5) is 0. The maximum atomic E-state index is 15.0. The van der Waals surface area contributed by atoms with Crippen LogP contribution < -0.4 is 4.74 Å². The molecule has 166 valence electrons. The molecule has 0 heterocycles. The van der Waals surface area contributed by atoms with Crippen molar-refractivity contribution >= 4 is 0 Å². The van der Waals surface area contributed by atoms with Gasteiger partial charge < -0.3 is 4.74 Å². The predicted octanol–water partition coefficient (Wildman–Crippen LogP) is 8.30. The molecule has 1 nitrogen and oxygen atoms in total. The molecule has 0 spiro atoms. The quantitative estimate of drug-likeness (QED) is 0.366. The standard InChI is InChI=1S/C28H27F3O/c1-3-4-18-5-7-19(8-6-18)22-13-14-23(25(29)17-22)20-9-11-21(12-10-20)24-15-16-26(32-2)28(31)27(24)30/h3-4,9-19H,5-8H2,1-2H3. The first-order chi connectivity index (χ1) is 15.5. The van der Waals surface area contributed by atoms with Gasteiger partial charge in [-0.1, -0.05) is 48.6 Å². The molecule has 0 atom stereocenters. The number of hydrogen-bond acceptors (Lipinski definition) is 1. The van der Waals surface area contributed by atoms with Crippen molar-refractivity contribution in [3.05, 3.63) is 89.8 Å². The first-order valence-corrected chi connectivity index (χ1v) is 11.1. The van der Waals surface area contributed by atoms with Gasteiger partial charge in [0.15, 0.2) is 11.6 Å². The van der Waals surface area contributed by atoms with Gasteiger partial charge in [0.1, 0.15) is 5.82 Å². The Hall–Kier alpha value is -3.01. The summed E-state index contributed by atoms with van der Waals surface area (Å²) < 4.78 is 48.2. The van der Waals surface area contributed by atoms with Gasteiger partial charge in [-0.2, -0.15) is 4.39 Å². The summed E-state index contributed by atoms with van der Waals surface area (Å²) in [5, 5.41) is 0.